The summed E-state index contributed by atoms with van der Waals surface area (Å²) in [5.74, 6) is 0. The molecule has 1 aliphatic carbocycles. The fourth-order valence-corrected chi connectivity index (χ4v) is 16.1. The Morgan fingerprint density at radius 3 is 1.27 bits per heavy atom. The molecular weight excluding hydrogens is 757 g/mol. The first kappa shape index (κ1) is 35.0. The summed E-state index contributed by atoms with van der Waals surface area (Å²) < 4.78 is 5.38. The van der Waals surface area contributed by atoms with E-state index in [0.29, 0.717) is 0 Å². The lowest BCUT2D eigenvalue weighted by atomic mass is 9.99. The van der Waals surface area contributed by atoms with E-state index in [2.05, 4.69) is 197 Å². The SMILES string of the molecule is Cc1c(C)c(C)c2c(c1C)SC1=C(S2)C(n2c3ccccc3c3ccccc32)C2Sc3c(C)c(C)c(C)c(C)c3SC2=C1n1c2ccccc2c2ccccc21. The van der Waals surface area contributed by atoms with E-state index >= 15 is 0 Å². The summed E-state index contributed by atoms with van der Waals surface area (Å²) in [4.78, 5) is 10.0. The van der Waals surface area contributed by atoms with Crippen LogP contribution < -0.4 is 0 Å². The van der Waals surface area contributed by atoms with Gasteiger partial charge in [-0.05, 0) is 124 Å². The van der Waals surface area contributed by atoms with Gasteiger partial charge in [0.05, 0.1) is 28.0 Å². The minimum Gasteiger partial charge on any atom is -0.331 e. The number of rotatable bonds is 2. The molecule has 56 heavy (non-hydrogen) atoms. The third kappa shape index (κ3) is 4.64. The van der Waals surface area contributed by atoms with Gasteiger partial charge in [0.15, 0.2) is 0 Å². The molecule has 0 N–H and O–H groups in total. The van der Waals surface area contributed by atoms with Crippen LogP contribution in [0, 0.1) is 55.4 Å². The lowest BCUT2D eigenvalue weighted by molar-refractivity contribution is 0.641. The van der Waals surface area contributed by atoms with Crippen molar-refractivity contribution in [3.63, 3.8) is 0 Å². The maximum Gasteiger partial charge on any atom is 0.0835 e. The smallest absolute Gasteiger partial charge is 0.0835 e. The number of hydrogen-bond acceptors (Lipinski definition) is 4. The Hall–Kier alpha value is -4.20. The maximum absolute atomic E-state index is 2.73. The molecular formula is C50H42N2S4. The lowest BCUT2D eigenvalue weighted by Crippen LogP contribution is -2.32. The molecule has 0 amide bonds. The number of benzene rings is 6. The van der Waals surface area contributed by atoms with E-state index in [-0.39, 0.29) is 11.3 Å². The van der Waals surface area contributed by atoms with Gasteiger partial charge in [-0.3, -0.25) is 0 Å². The minimum atomic E-state index is 0.0700. The van der Waals surface area contributed by atoms with Crippen LogP contribution in [-0.2, 0) is 0 Å². The van der Waals surface area contributed by atoms with Gasteiger partial charge in [-0.15, -0.1) is 11.8 Å². The summed E-state index contributed by atoms with van der Waals surface area (Å²) in [6.07, 6.45) is 0. The molecule has 0 radical (unpaired) electrons. The van der Waals surface area contributed by atoms with E-state index in [9.17, 15) is 0 Å². The number of nitrogens with zero attached hydrogens (tertiary/aromatic N) is 2. The highest BCUT2D eigenvalue weighted by Gasteiger charge is 2.47. The molecule has 2 aromatic heterocycles. The molecule has 0 saturated carbocycles. The summed E-state index contributed by atoms with van der Waals surface area (Å²) in [5, 5.41) is 5.40. The summed E-state index contributed by atoms with van der Waals surface area (Å²) in [6.45, 7) is 18.7. The molecule has 8 aromatic rings. The average molecular weight is 799 g/mol. The molecule has 2 unspecified atom stereocenters. The van der Waals surface area contributed by atoms with Crippen LogP contribution in [0.3, 0.4) is 0 Å². The first-order valence-corrected chi connectivity index (χ1v) is 22.8. The van der Waals surface area contributed by atoms with Crippen LogP contribution >= 0.6 is 47.0 Å². The van der Waals surface area contributed by atoms with Crippen LogP contribution in [0.25, 0.3) is 49.3 Å². The number of allylic oxidation sites excluding steroid dienone is 2. The highest BCUT2D eigenvalue weighted by Crippen LogP contribution is 2.67. The topological polar surface area (TPSA) is 9.86 Å². The lowest BCUT2D eigenvalue weighted by Gasteiger charge is -2.44. The molecule has 11 rings (SSSR count). The first-order chi connectivity index (χ1) is 27.2. The number of fused-ring (bicyclic) bond motifs is 9. The van der Waals surface area contributed by atoms with Crippen molar-refractivity contribution in [2.24, 2.45) is 0 Å². The van der Waals surface area contributed by atoms with E-state index in [4.69, 9.17) is 0 Å². The van der Waals surface area contributed by atoms with E-state index in [1.165, 1.54) is 128 Å². The molecule has 0 spiro atoms. The molecule has 2 aliphatic heterocycles. The summed E-state index contributed by atoms with van der Waals surface area (Å²) in [6, 6.07) is 36.4. The Morgan fingerprint density at radius 1 is 0.393 bits per heavy atom. The number of hydrogen-bond donors (Lipinski definition) is 0. The van der Waals surface area contributed by atoms with Crippen LogP contribution in [0.1, 0.15) is 50.5 Å². The van der Waals surface area contributed by atoms with Crippen molar-refractivity contribution in [1.29, 1.82) is 0 Å². The average Bonchev–Trinajstić information content (AvgIpc) is 3.74. The zero-order valence-electron chi connectivity index (χ0n) is 32.9. The van der Waals surface area contributed by atoms with E-state index in [1.807, 2.05) is 11.8 Å². The van der Waals surface area contributed by atoms with Crippen molar-refractivity contribution in [3.05, 3.63) is 156 Å². The van der Waals surface area contributed by atoms with Crippen molar-refractivity contribution < 1.29 is 0 Å². The Bertz CT molecular complexity index is 3030. The Morgan fingerprint density at radius 2 is 0.768 bits per heavy atom. The van der Waals surface area contributed by atoms with Gasteiger partial charge in [0, 0.05) is 66.9 Å². The second-order valence-corrected chi connectivity index (χ2v) is 20.1. The van der Waals surface area contributed by atoms with Crippen LogP contribution in [0.15, 0.2) is 131 Å². The van der Waals surface area contributed by atoms with E-state index < -0.39 is 0 Å². The van der Waals surface area contributed by atoms with Gasteiger partial charge >= 0.3 is 0 Å². The monoisotopic (exact) mass is 798 g/mol. The van der Waals surface area contributed by atoms with Gasteiger partial charge in [0.2, 0.25) is 0 Å². The van der Waals surface area contributed by atoms with Crippen LogP contribution in [0.4, 0.5) is 0 Å². The minimum absolute atomic E-state index is 0.0700. The zero-order chi connectivity index (χ0) is 38.3. The molecule has 276 valence electrons. The molecule has 3 aliphatic rings. The summed E-state index contributed by atoms with van der Waals surface area (Å²) in [5.41, 5.74) is 17.8. The van der Waals surface area contributed by atoms with Gasteiger partial charge in [-0.2, -0.15) is 0 Å². The van der Waals surface area contributed by atoms with Crippen LogP contribution in [0.5, 0.6) is 0 Å². The zero-order valence-corrected chi connectivity index (χ0v) is 36.2. The van der Waals surface area contributed by atoms with Gasteiger partial charge in [0.1, 0.15) is 0 Å². The van der Waals surface area contributed by atoms with E-state index in [1.54, 1.807) is 0 Å². The van der Waals surface area contributed by atoms with Gasteiger partial charge in [0.25, 0.3) is 0 Å². The second-order valence-electron chi connectivity index (χ2n) is 15.8. The summed E-state index contributed by atoms with van der Waals surface area (Å²) >= 11 is 8.27. The molecule has 2 nitrogen and oxygen atoms in total. The van der Waals surface area contributed by atoms with Crippen molar-refractivity contribution in [3.8, 4) is 0 Å². The van der Waals surface area contributed by atoms with Gasteiger partial charge in [-0.25, -0.2) is 0 Å². The number of aromatic nitrogens is 2. The molecule has 4 heterocycles. The molecule has 0 bridgehead atoms. The Kier molecular flexibility index (Phi) is 7.91. The van der Waals surface area contributed by atoms with Crippen molar-refractivity contribution >= 4 is 96.4 Å². The van der Waals surface area contributed by atoms with Crippen molar-refractivity contribution in [2.75, 3.05) is 0 Å². The predicted molar refractivity (Wildman–Crippen MR) is 246 cm³/mol. The normalized spacial score (nSPS) is 17.9. The van der Waals surface area contributed by atoms with Crippen LogP contribution in [-0.4, -0.2) is 14.4 Å². The maximum atomic E-state index is 2.73. The first-order valence-electron chi connectivity index (χ1n) is 19.5. The predicted octanol–water partition coefficient (Wildman–Crippen LogP) is 15.2. The molecule has 2 atom stereocenters. The molecule has 6 heteroatoms. The van der Waals surface area contributed by atoms with Gasteiger partial charge in [-0.1, -0.05) is 108 Å². The Labute approximate surface area is 345 Å². The third-order valence-corrected chi connectivity index (χ3v) is 19.3. The highest BCUT2D eigenvalue weighted by molar-refractivity contribution is 8.11. The fraction of sp³-hybridized carbons (Fsp3) is 0.200. The molecule has 0 fully saturated rings. The second kappa shape index (κ2) is 12.6. The van der Waals surface area contributed by atoms with Crippen molar-refractivity contribution in [2.45, 2.75) is 86.3 Å². The number of para-hydroxylation sites is 4. The largest absolute Gasteiger partial charge is 0.331 e. The quantitative estimate of drug-likeness (QED) is 0.172. The highest BCUT2D eigenvalue weighted by atomic mass is 32.2. The van der Waals surface area contributed by atoms with E-state index in [0.717, 1.165) is 0 Å². The van der Waals surface area contributed by atoms with Crippen molar-refractivity contribution in [1.82, 2.24) is 9.13 Å². The fourth-order valence-electron chi connectivity index (χ4n) is 9.54. The Balaban J connectivity index is 1.32. The third-order valence-electron chi connectivity index (χ3n) is 13.2. The van der Waals surface area contributed by atoms with Gasteiger partial charge < -0.3 is 9.13 Å². The molecule has 6 aromatic carbocycles. The molecule has 0 saturated heterocycles. The van der Waals surface area contributed by atoms with Crippen LogP contribution in [0.2, 0.25) is 0 Å². The number of thioether (sulfide) groups is 4. The summed E-state index contributed by atoms with van der Waals surface area (Å²) in [7, 11) is 0. The standard InChI is InChI=1S/C50H42N2S4/c1-25-26(2)30(6)44-43(29(25)5)53-47-41(51-37-21-13-9-17-33(37)34-18-10-14-22-38(34)51)49-50(56-46-32(8)28(4)27(3)31(7)45(46)55-49)42(48(47)54-44)52-39-23-15-11-19-35(39)36-20-12-16-24-40(36)52/h9-24,41,47H,1-8H3.